The Morgan fingerprint density at radius 2 is 2.05 bits per heavy atom. The van der Waals surface area contributed by atoms with Crippen LogP contribution in [0.2, 0.25) is 0 Å². The van der Waals surface area contributed by atoms with E-state index in [1.54, 1.807) is 19.2 Å². The SMILES string of the molecule is COCCc1ccc(S(=O)(=O)NC2CCCNC2C)cc1. The minimum atomic E-state index is -3.45. The number of nitrogens with one attached hydrogen (secondary N) is 2. The molecule has 1 aromatic carbocycles. The van der Waals surface area contributed by atoms with E-state index in [0.29, 0.717) is 11.5 Å². The summed E-state index contributed by atoms with van der Waals surface area (Å²) in [6.45, 7) is 3.60. The lowest BCUT2D eigenvalue weighted by molar-refractivity contribution is 0.202. The molecule has 1 aromatic rings. The van der Waals surface area contributed by atoms with Gasteiger partial charge in [0, 0.05) is 19.2 Å². The van der Waals surface area contributed by atoms with Crippen molar-refractivity contribution in [3.05, 3.63) is 29.8 Å². The van der Waals surface area contributed by atoms with Gasteiger partial charge < -0.3 is 10.1 Å². The van der Waals surface area contributed by atoms with E-state index in [2.05, 4.69) is 10.0 Å². The lowest BCUT2D eigenvalue weighted by Crippen LogP contribution is -2.51. The Morgan fingerprint density at radius 3 is 2.67 bits per heavy atom. The number of ether oxygens (including phenoxy) is 1. The van der Waals surface area contributed by atoms with Gasteiger partial charge in [-0.15, -0.1) is 0 Å². The first-order chi connectivity index (χ1) is 10.0. The van der Waals surface area contributed by atoms with Crippen molar-refractivity contribution >= 4 is 10.0 Å². The minimum Gasteiger partial charge on any atom is -0.384 e. The lowest BCUT2D eigenvalue weighted by Gasteiger charge is -2.30. The second-order valence-corrected chi connectivity index (χ2v) is 7.21. The van der Waals surface area contributed by atoms with Crippen LogP contribution in [-0.4, -0.2) is 40.8 Å². The van der Waals surface area contributed by atoms with Crippen molar-refractivity contribution in [3.63, 3.8) is 0 Å². The van der Waals surface area contributed by atoms with Gasteiger partial charge in [0.05, 0.1) is 11.5 Å². The van der Waals surface area contributed by atoms with Gasteiger partial charge in [-0.25, -0.2) is 13.1 Å². The number of hydrogen-bond donors (Lipinski definition) is 2. The molecule has 0 bridgehead atoms. The Morgan fingerprint density at radius 1 is 1.33 bits per heavy atom. The monoisotopic (exact) mass is 312 g/mol. The number of sulfonamides is 1. The van der Waals surface area contributed by atoms with Gasteiger partial charge in [-0.3, -0.25) is 0 Å². The third-order valence-corrected chi connectivity index (χ3v) is 5.40. The normalized spacial score (nSPS) is 23.1. The van der Waals surface area contributed by atoms with Crippen LogP contribution in [0, 0.1) is 0 Å². The fourth-order valence-corrected chi connectivity index (χ4v) is 3.88. The zero-order valence-electron chi connectivity index (χ0n) is 12.6. The quantitative estimate of drug-likeness (QED) is 0.831. The van der Waals surface area contributed by atoms with Crippen molar-refractivity contribution in [1.29, 1.82) is 0 Å². The third kappa shape index (κ3) is 4.51. The Kier molecular flexibility index (Phi) is 5.75. The van der Waals surface area contributed by atoms with E-state index in [1.165, 1.54) is 0 Å². The van der Waals surface area contributed by atoms with Gasteiger partial charge in [0.2, 0.25) is 10.0 Å². The summed E-state index contributed by atoms with van der Waals surface area (Å²) in [7, 11) is -1.80. The molecule has 0 spiro atoms. The molecule has 0 aromatic heterocycles. The van der Waals surface area contributed by atoms with Gasteiger partial charge in [0.15, 0.2) is 0 Å². The molecule has 0 saturated carbocycles. The van der Waals surface area contributed by atoms with E-state index >= 15 is 0 Å². The molecule has 2 rings (SSSR count). The van der Waals surface area contributed by atoms with Crippen LogP contribution in [0.4, 0.5) is 0 Å². The van der Waals surface area contributed by atoms with Gasteiger partial charge in [-0.05, 0) is 50.4 Å². The summed E-state index contributed by atoms with van der Waals surface area (Å²) >= 11 is 0. The van der Waals surface area contributed by atoms with Gasteiger partial charge in [-0.1, -0.05) is 12.1 Å². The standard InChI is InChI=1S/C15H24N2O3S/c1-12-15(4-3-10-16-12)17-21(18,19)14-7-5-13(6-8-14)9-11-20-2/h5-8,12,15-17H,3-4,9-11H2,1-2H3. The Labute approximate surface area is 127 Å². The van der Waals surface area contributed by atoms with Crippen LogP contribution in [0.1, 0.15) is 25.3 Å². The largest absolute Gasteiger partial charge is 0.384 e. The predicted octanol–water partition coefficient (Wildman–Crippen LogP) is 1.29. The highest BCUT2D eigenvalue weighted by atomic mass is 32.2. The Bertz CT molecular complexity index is 543. The summed E-state index contributed by atoms with van der Waals surface area (Å²) in [6, 6.07) is 7.13. The van der Waals surface area contributed by atoms with Crippen LogP contribution in [0.25, 0.3) is 0 Å². The molecule has 5 nitrogen and oxygen atoms in total. The van der Waals surface area contributed by atoms with E-state index < -0.39 is 10.0 Å². The Hall–Kier alpha value is -0.950. The topological polar surface area (TPSA) is 67.4 Å². The van der Waals surface area contributed by atoms with Gasteiger partial charge in [0.25, 0.3) is 0 Å². The van der Waals surface area contributed by atoms with E-state index in [9.17, 15) is 8.42 Å². The molecule has 118 valence electrons. The second kappa shape index (κ2) is 7.35. The van der Waals surface area contributed by atoms with Crippen LogP contribution in [0.5, 0.6) is 0 Å². The lowest BCUT2D eigenvalue weighted by atomic mass is 10.0. The predicted molar refractivity (Wildman–Crippen MR) is 82.8 cm³/mol. The van der Waals surface area contributed by atoms with E-state index in [0.717, 1.165) is 31.4 Å². The van der Waals surface area contributed by atoms with Crippen molar-refractivity contribution < 1.29 is 13.2 Å². The van der Waals surface area contributed by atoms with Crippen molar-refractivity contribution in [2.75, 3.05) is 20.3 Å². The molecule has 2 N–H and O–H groups in total. The van der Waals surface area contributed by atoms with Crippen LogP contribution in [0.15, 0.2) is 29.2 Å². The number of benzene rings is 1. The third-order valence-electron chi connectivity index (χ3n) is 3.90. The minimum absolute atomic E-state index is 0.0445. The molecule has 0 amide bonds. The zero-order valence-corrected chi connectivity index (χ0v) is 13.4. The fraction of sp³-hybridized carbons (Fsp3) is 0.600. The summed E-state index contributed by atoms with van der Waals surface area (Å²) in [6.07, 6.45) is 2.65. The molecule has 1 fully saturated rings. The molecular formula is C15H24N2O3S. The number of methoxy groups -OCH3 is 1. The maximum Gasteiger partial charge on any atom is 0.240 e. The van der Waals surface area contributed by atoms with Crippen LogP contribution in [0.3, 0.4) is 0 Å². The molecule has 2 atom stereocenters. The Balaban J connectivity index is 2.04. The average Bonchev–Trinajstić information content (AvgIpc) is 2.48. The molecule has 6 heteroatoms. The first-order valence-electron chi connectivity index (χ1n) is 7.36. The van der Waals surface area contributed by atoms with Crippen molar-refractivity contribution in [1.82, 2.24) is 10.0 Å². The van der Waals surface area contributed by atoms with Gasteiger partial charge in [-0.2, -0.15) is 0 Å². The van der Waals surface area contributed by atoms with Crippen molar-refractivity contribution in [2.45, 2.75) is 43.2 Å². The highest BCUT2D eigenvalue weighted by Gasteiger charge is 2.26. The highest BCUT2D eigenvalue weighted by molar-refractivity contribution is 7.89. The molecular weight excluding hydrogens is 288 g/mol. The second-order valence-electron chi connectivity index (χ2n) is 5.50. The summed E-state index contributed by atoms with van der Waals surface area (Å²) in [4.78, 5) is 0.321. The fourth-order valence-electron chi connectivity index (χ4n) is 2.53. The summed E-state index contributed by atoms with van der Waals surface area (Å²) in [5.41, 5.74) is 1.07. The molecule has 21 heavy (non-hydrogen) atoms. The van der Waals surface area contributed by atoms with Crippen molar-refractivity contribution in [3.8, 4) is 0 Å². The van der Waals surface area contributed by atoms with E-state index in [1.807, 2.05) is 19.1 Å². The first-order valence-corrected chi connectivity index (χ1v) is 8.85. The number of rotatable bonds is 6. The molecule has 1 saturated heterocycles. The highest BCUT2D eigenvalue weighted by Crippen LogP contribution is 2.15. The zero-order chi connectivity index (χ0) is 15.3. The number of hydrogen-bond acceptors (Lipinski definition) is 4. The summed E-state index contributed by atoms with van der Waals surface area (Å²) < 4.78 is 32.6. The van der Waals surface area contributed by atoms with Gasteiger partial charge in [0.1, 0.15) is 0 Å². The average molecular weight is 312 g/mol. The molecule has 1 aliphatic heterocycles. The maximum atomic E-state index is 12.4. The van der Waals surface area contributed by atoms with Crippen molar-refractivity contribution in [2.24, 2.45) is 0 Å². The van der Waals surface area contributed by atoms with E-state index in [-0.39, 0.29) is 12.1 Å². The smallest absolute Gasteiger partial charge is 0.240 e. The summed E-state index contributed by atoms with van der Waals surface area (Å²) in [5, 5.41) is 3.30. The van der Waals surface area contributed by atoms with Gasteiger partial charge >= 0.3 is 0 Å². The summed E-state index contributed by atoms with van der Waals surface area (Å²) in [5.74, 6) is 0. The molecule has 0 aliphatic carbocycles. The molecule has 2 unspecified atom stereocenters. The van der Waals surface area contributed by atoms with E-state index in [4.69, 9.17) is 4.74 Å². The van der Waals surface area contributed by atoms with Crippen LogP contribution >= 0.6 is 0 Å². The molecule has 1 aliphatic rings. The number of piperidine rings is 1. The molecule has 1 heterocycles. The van der Waals surface area contributed by atoms with Crippen LogP contribution < -0.4 is 10.0 Å². The first kappa shape index (κ1) is 16.4. The maximum absolute atomic E-state index is 12.4. The molecule has 0 radical (unpaired) electrons. The van der Waals surface area contributed by atoms with Crippen LogP contribution in [-0.2, 0) is 21.2 Å².